The molecule has 0 heterocycles. The molecule has 4 nitrogen and oxygen atoms in total. The first kappa shape index (κ1) is 46.1. The van der Waals surface area contributed by atoms with Crippen LogP contribution in [0.3, 0.4) is 0 Å². The van der Waals surface area contributed by atoms with E-state index in [-0.39, 0.29) is 0 Å². The Morgan fingerprint density at radius 1 is 0.667 bits per heavy atom. The maximum atomic E-state index is 12.6. The van der Waals surface area contributed by atoms with Gasteiger partial charge in [-0.05, 0) is 119 Å². The largest absolute Gasteiger partial charge is 0.303 e. The van der Waals surface area contributed by atoms with E-state index in [0.717, 1.165) is 68.7 Å². The first-order valence-electron chi connectivity index (χ1n) is 23.1. The standard InChI is InChI=1S/C47H88N2O2/c1-6-9-19-29-42(30-20-10-7-2)31-27-33-43(50)32-22-16-14-18-25-38-49(39-26-23-36-48-51)37-24-17-13-11-12-15-21-28-41(4)40-47(5)45(8-3)44-34-35-46(44)47/h42,44-46H,4,6-40H2,1-3,5H3. The minimum absolute atomic E-state index is 0.456. The van der Waals surface area contributed by atoms with Gasteiger partial charge in [-0.25, -0.2) is 0 Å². The van der Waals surface area contributed by atoms with Gasteiger partial charge in [0.2, 0.25) is 0 Å². The molecular weight excluding hydrogens is 625 g/mol. The number of ketones is 1. The van der Waals surface area contributed by atoms with Gasteiger partial charge in [0.1, 0.15) is 5.78 Å². The minimum atomic E-state index is 0.456. The molecule has 4 unspecified atom stereocenters. The van der Waals surface area contributed by atoms with E-state index in [1.165, 1.54) is 179 Å². The van der Waals surface area contributed by atoms with Gasteiger partial charge in [-0.3, -0.25) is 4.79 Å². The summed E-state index contributed by atoms with van der Waals surface area (Å²) in [7, 11) is 0. The van der Waals surface area contributed by atoms with Crippen LogP contribution in [0, 0.1) is 34.0 Å². The monoisotopic (exact) mass is 713 g/mol. The van der Waals surface area contributed by atoms with Crippen LogP contribution in [0.4, 0.5) is 0 Å². The topological polar surface area (TPSA) is 49.7 Å². The van der Waals surface area contributed by atoms with E-state index in [2.05, 4.69) is 44.4 Å². The molecule has 0 aromatic heterocycles. The molecule has 0 amide bonds. The van der Waals surface area contributed by atoms with E-state index in [9.17, 15) is 9.70 Å². The predicted molar refractivity (Wildman–Crippen MR) is 223 cm³/mol. The summed E-state index contributed by atoms with van der Waals surface area (Å²) in [6.07, 6.45) is 39.1. The zero-order valence-electron chi connectivity index (χ0n) is 35.0. The number of fused-ring (bicyclic) bond motifs is 1. The highest BCUT2D eigenvalue weighted by Crippen LogP contribution is 2.68. The number of carbonyl (C=O) groups excluding carboxylic acids is 1. The van der Waals surface area contributed by atoms with Crippen LogP contribution in [-0.4, -0.2) is 36.9 Å². The SMILES string of the molecule is C=C(CCCCCCCCCN(CCCCCCCC(=O)CCCC(CCCCC)CCCCC)CCCCN=O)CC1(C)C(CC)C2CCC21. The molecule has 0 radical (unpaired) electrons. The Morgan fingerprint density at radius 2 is 1.18 bits per heavy atom. The van der Waals surface area contributed by atoms with E-state index in [1.807, 2.05) is 0 Å². The molecule has 0 spiro atoms. The average Bonchev–Trinajstić information content (AvgIpc) is 3.09. The Hall–Kier alpha value is -1.03. The average molecular weight is 713 g/mol. The van der Waals surface area contributed by atoms with Crippen LogP contribution in [-0.2, 0) is 4.79 Å². The third-order valence-electron chi connectivity index (χ3n) is 13.5. The van der Waals surface area contributed by atoms with Crippen LogP contribution in [0.1, 0.15) is 227 Å². The van der Waals surface area contributed by atoms with Crippen LogP contribution < -0.4 is 0 Å². The Labute approximate surface area is 318 Å². The second kappa shape index (κ2) is 29.3. The molecule has 0 saturated heterocycles. The van der Waals surface area contributed by atoms with Crippen molar-refractivity contribution in [2.75, 3.05) is 26.2 Å². The Bertz CT molecular complexity index is 877. The number of unbranched alkanes of at least 4 members (excludes halogenated alkanes) is 15. The van der Waals surface area contributed by atoms with Crippen LogP contribution in [0.2, 0.25) is 0 Å². The van der Waals surface area contributed by atoms with Crippen molar-refractivity contribution < 1.29 is 4.79 Å². The van der Waals surface area contributed by atoms with Crippen LogP contribution >= 0.6 is 0 Å². The summed E-state index contributed by atoms with van der Waals surface area (Å²) in [6.45, 7) is 18.0. The first-order valence-corrected chi connectivity index (χ1v) is 23.1. The molecule has 4 atom stereocenters. The van der Waals surface area contributed by atoms with Crippen molar-refractivity contribution in [3.8, 4) is 0 Å². The Kier molecular flexibility index (Phi) is 26.5. The fraction of sp³-hybridized carbons (Fsp3) is 0.936. The van der Waals surface area contributed by atoms with Gasteiger partial charge in [0, 0.05) is 12.8 Å². The van der Waals surface area contributed by atoms with E-state index < -0.39 is 0 Å². The number of Topliss-reactive ketones (excluding diaryl/α,β-unsaturated/α-hetero) is 1. The normalized spacial score (nSPS) is 21.1. The van der Waals surface area contributed by atoms with E-state index in [4.69, 9.17) is 0 Å². The molecule has 298 valence electrons. The third-order valence-corrected chi connectivity index (χ3v) is 13.5. The molecule has 0 aromatic rings. The van der Waals surface area contributed by atoms with Crippen molar-refractivity contribution in [3.05, 3.63) is 17.1 Å². The lowest BCUT2D eigenvalue weighted by molar-refractivity contribution is -0.177. The predicted octanol–water partition coefficient (Wildman–Crippen LogP) is 14.8. The fourth-order valence-corrected chi connectivity index (χ4v) is 10.3. The van der Waals surface area contributed by atoms with Gasteiger partial charge in [-0.1, -0.05) is 161 Å². The summed E-state index contributed by atoms with van der Waals surface area (Å²) >= 11 is 0. The van der Waals surface area contributed by atoms with Crippen molar-refractivity contribution in [3.63, 3.8) is 0 Å². The number of allylic oxidation sites excluding steroid dienone is 1. The molecule has 0 aromatic carbocycles. The van der Waals surface area contributed by atoms with Crippen molar-refractivity contribution >= 4 is 5.78 Å². The highest BCUT2D eigenvalue weighted by Gasteiger charge is 2.61. The molecular formula is C47H88N2O2. The van der Waals surface area contributed by atoms with Crippen molar-refractivity contribution in [1.29, 1.82) is 0 Å². The maximum absolute atomic E-state index is 12.6. The van der Waals surface area contributed by atoms with Gasteiger partial charge in [0.05, 0.1) is 6.54 Å². The quantitative estimate of drug-likeness (QED) is 0.0364. The molecule has 51 heavy (non-hydrogen) atoms. The summed E-state index contributed by atoms with van der Waals surface area (Å²) in [5.74, 6) is 4.37. The smallest absolute Gasteiger partial charge is 0.132 e. The highest BCUT2D eigenvalue weighted by molar-refractivity contribution is 5.78. The summed E-state index contributed by atoms with van der Waals surface area (Å²) in [4.78, 5) is 25.8. The van der Waals surface area contributed by atoms with Crippen molar-refractivity contribution in [2.24, 2.45) is 34.3 Å². The molecule has 2 rings (SSSR count). The lowest BCUT2D eigenvalue weighted by Gasteiger charge is -2.67. The molecule has 2 aliphatic rings. The lowest BCUT2D eigenvalue weighted by atomic mass is 9.38. The van der Waals surface area contributed by atoms with Crippen LogP contribution in [0.25, 0.3) is 0 Å². The number of carbonyl (C=O) groups is 1. The minimum Gasteiger partial charge on any atom is -0.303 e. The number of rotatable bonds is 38. The van der Waals surface area contributed by atoms with Gasteiger partial charge < -0.3 is 4.90 Å². The molecule has 2 saturated carbocycles. The second-order valence-corrected chi connectivity index (χ2v) is 17.7. The summed E-state index contributed by atoms with van der Waals surface area (Å²) in [6, 6.07) is 0. The van der Waals surface area contributed by atoms with E-state index in [0.29, 0.717) is 17.7 Å². The molecule has 4 heteroatoms. The van der Waals surface area contributed by atoms with Crippen molar-refractivity contribution in [2.45, 2.75) is 227 Å². The molecule has 2 fully saturated rings. The number of nitroso groups, excluding NO2 is 1. The Morgan fingerprint density at radius 3 is 1.71 bits per heavy atom. The Balaban J connectivity index is 1.47. The lowest BCUT2D eigenvalue weighted by Crippen LogP contribution is -2.60. The fourth-order valence-electron chi connectivity index (χ4n) is 10.3. The van der Waals surface area contributed by atoms with Gasteiger partial charge in [-0.15, -0.1) is 0 Å². The molecule has 0 aliphatic heterocycles. The molecule has 0 bridgehead atoms. The number of hydrogen-bond acceptors (Lipinski definition) is 4. The van der Waals surface area contributed by atoms with Gasteiger partial charge in [0.15, 0.2) is 0 Å². The number of hydrogen-bond donors (Lipinski definition) is 0. The maximum Gasteiger partial charge on any atom is 0.132 e. The van der Waals surface area contributed by atoms with E-state index in [1.54, 1.807) is 0 Å². The second-order valence-electron chi connectivity index (χ2n) is 17.7. The van der Waals surface area contributed by atoms with Gasteiger partial charge in [-0.2, -0.15) is 4.91 Å². The summed E-state index contributed by atoms with van der Waals surface area (Å²) < 4.78 is 0. The summed E-state index contributed by atoms with van der Waals surface area (Å²) in [5, 5.41) is 3.07. The van der Waals surface area contributed by atoms with Gasteiger partial charge >= 0.3 is 0 Å². The molecule has 0 N–H and O–H groups in total. The van der Waals surface area contributed by atoms with Crippen LogP contribution in [0.5, 0.6) is 0 Å². The summed E-state index contributed by atoms with van der Waals surface area (Å²) in [5.41, 5.74) is 2.10. The van der Waals surface area contributed by atoms with Crippen molar-refractivity contribution in [1.82, 2.24) is 4.90 Å². The van der Waals surface area contributed by atoms with E-state index >= 15 is 0 Å². The highest BCUT2D eigenvalue weighted by atomic mass is 16.3. The van der Waals surface area contributed by atoms with Crippen LogP contribution in [0.15, 0.2) is 17.3 Å². The zero-order chi connectivity index (χ0) is 37.0. The molecule has 2 aliphatic carbocycles. The third kappa shape index (κ3) is 19.2. The zero-order valence-corrected chi connectivity index (χ0v) is 35.0. The van der Waals surface area contributed by atoms with Gasteiger partial charge in [0.25, 0.3) is 0 Å². The number of nitrogens with zero attached hydrogens (tertiary/aromatic N) is 2. The first-order chi connectivity index (χ1) is 24.9.